The molecule has 11 heavy (non-hydrogen) atoms. The van der Waals surface area contributed by atoms with Crippen LogP contribution in [0.15, 0.2) is 0 Å². The molecule has 62 valence electrons. The normalized spacial score (nSPS) is 48.1. The third-order valence-electron chi connectivity index (χ3n) is 3.35. The summed E-state index contributed by atoms with van der Waals surface area (Å²) in [4.78, 5) is 10.8. The quantitative estimate of drug-likeness (QED) is 0.562. The van der Waals surface area contributed by atoms with Crippen molar-refractivity contribution < 1.29 is 9.53 Å². The molecule has 0 spiro atoms. The Morgan fingerprint density at radius 3 is 2.27 bits per heavy atom. The molecule has 0 aromatic heterocycles. The molecule has 2 rings (SSSR count). The van der Waals surface area contributed by atoms with E-state index in [1.807, 2.05) is 0 Å². The summed E-state index contributed by atoms with van der Waals surface area (Å²) < 4.78 is 5.28. The summed E-state index contributed by atoms with van der Waals surface area (Å²) in [5.41, 5.74) is -0.351. The molecule has 0 N–H and O–H groups in total. The highest BCUT2D eigenvalue weighted by atomic mass is 16.5. The van der Waals surface area contributed by atoms with Gasteiger partial charge in [-0.3, -0.25) is 0 Å². The molecule has 2 atom stereocenters. The van der Waals surface area contributed by atoms with Crippen molar-refractivity contribution in [2.45, 2.75) is 31.3 Å². The van der Waals surface area contributed by atoms with Crippen LogP contribution >= 0.6 is 0 Å². The molecule has 2 aliphatic carbocycles. The first-order valence-corrected chi connectivity index (χ1v) is 4.36. The van der Waals surface area contributed by atoms with E-state index < -0.39 is 0 Å². The van der Waals surface area contributed by atoms with E-state index in [1.165, 1.54) is 25.7 Å². The van der Waals surface area contributed by atoms with Crippen LogP contribution in [0.3, 0.4) is 0 Å². The smallest absolute Gasteiger partial charge is 0.152 e. The Labute approximate surface area is 66.9 Å². The molecule has 0 saturated heterocycles. The Kier molecular flexibility index (Phi) is 1.53. The second kappa shape index (κ2) is 2.31. The first-order valence-electron chi connectivity index (χ1n) is 4.36. The number of rotatable bonds is 2. The Morgan fingerprint density at radius 2 is 1.91 bits per heavy atom. The van der Waals surface area contributed by atoms with Gasteiger partial charge in [-0.15, -0.1) is 0 Å². The zero-order valence-corrected chi connectivity index (χ0v) is 6.88. The molecule has 0 bridgehead atoms. The molecular formula is C9H14O2. The van der Waals surface area contributed by atoms with Gasteiger partial charge in [0.05, 0.1) is 0 Å². The average molecular weight is 154 g/mol. The van der Waals surface area contributed by atoms with Gasteiger partial charge in [0.25, 0.3) is 0 Å². The van der Waals surface area contributed by atoms with Crippen molar-refractivity contribution in [2.24, 2.45) is 11.8 Å². The van der Waals surface area contributed by atoms with Gasteiger partial charge in [-0.25, -0.2) is 0 Å². The molecule has 2 heteroatoms. The fourth-order valence-corrected chi connectivity index (χ4v) is 2.64. The highest BCUT2D eigenvalue weighted by molar-refractivity contribution is 5.70. The van der Waals surface area contributed by atoms with E-state index in [1.54, 1.807) is 7.11 Å². The SMILES string of the molecule is COC1(C=O)C2CCCCC21. The Hall–Kier alpha value is -0.370. The largest absolute Gasteiger partial charge is 0.370 e. The van der Waals surface area contributed by atoms with Crippen LogP contribution in [0, 0.1) is 11.8 Å². The van der Waals surface area contributed by atoms with Crippen molar-refractivity contribution in [3.63, 3.8) is 0 Å². The van der Waals surface area contributed by atoms with Gasteiger partial charge >= 0.3 is 0 Å². The van der Waals surface area contributed by atoms with Crippen LogP contribution in [-0.4, -0.2) is 19.0 Å². The lowest BCUT2D eigenvalue weighted by molar-refractivity contribution is -0.120. The van der Waals surface area contributed by atoms with Crippen molar-refractivity contribution in [3.8, 4) is 0 Å². The first kappa shape index (κ1) is 7.29. The second-order valence-corrected chi connectivity index (χ2v) is 3.67. The first-order chi connectivity index (χ1) is 5.35. The predicted molar refractivity (Wildman–Crippen MR) is 41.3 cm³/mol. The highest BCUT2D eigenvalue weighted by Crippen LogP contribution is 2.59. The van der Waals surface area contributed by atoms with Gasteiger partial charge in [-0.1, -0.05) is 12.8 Å². The maximum atomic E-state index is 10.8. The molecule has 0 aromatic rings. The third-order valence-corrected chi connectivity index (χ3v) is 3.35. The fraction of sp³-hybridized carbons (Fsp3) is 0.889. The minimum Gasteiger partial charge on any atom is -0.370 e. The number of aldehydes is 1. The monoisotopic (exact) mass is 154 g/mol. The highest BCUT2D eigenvalue weighted by Gasteiger charge is 2.65. The van der Waals surface area contributed by atoms with Gasteiger partial charge < -0.3 is 9.53 Å². The number of hydrogen-bond donors (Lipinski definition) is 0. The molecule has 0 heterocycles. The number of ether oxygens (including phenoxy) is 1. The van der Waals surface area contributed by atoms with Crippen molar-refractivity contribution in [1.29, 1.82) is 0 Å². The lowest BCUT2D eigenvalue weighted by Gasteiger charge is -2.05. The van der Waals surface area contributed by atoms with Crippen LogP contribution < -0.4 is 0 Å². The minimum atomic E-state index is -0.351. The van der Waals surface area contributed by atoms with Crippen LogP contribution in [0.1, 0.15) is 25.7 Å². The summed E-state index contributed by atoms with van der Waals surface area (Å²) in [5.74, 6) is 1.11. The number of carbonyl (C=O) groups is 1. The van der Waals surface area contributed by atoms with Crippen molar-refractivity contribution in [1.82, 2.24) is 0 Å². The lowest BCUT2D eigenvalue weighted by atomic mass is 10.0. The molecule has 0 amide bonds. The molecule has 2 fully saturated rings. The Balaban J connectivity index is 2.11. The van der Waals surface area contributed by atoms with Crippen LogP contribution in [0.5, 0.6) is 0 Å². The fourth-order valence-electron chi connectivity index (χ4n) is 2.64. The van der Waals surface area contributed by atoms with Gasteiger partial charge in [-0.2, -0.15) is 0 Å². The van der Waals surface area contributed by atoms with Crippen LogP contribution in [0.4, 0.5) is 0 Å². The average Bonchev–Trinajstić information content (AvgIpc) is 2.74. The van der Waals surface area contributed by atoms with Gasteiger partial charge in [0, 0.05) is 18.9 Å². The third kappa shape index (κ3) is 0.791. The number of fused-ring (bicyclic) bond motifs is 1. The van der Waals surface area contributed by atoms with Crippen molar-refractivity contribution >= 4 is 6.29 Å². The topological polar surface area (TPSA) is 26.3 Å². The standard InChI is InChI=1S/C9H14O2/c1-11-9(6-10)7-4-2-3-5-8(7)9/h6-8H,2-5H2,1H3. The molecular weight excluding hydrogens is 140 g/mol. The van der Waals surface area contributed by atoms with E-state index in [2.05, 4.69) is 0 Å². The molecule has 2 aliphatic rings. The maximum Gasteiger partial charge on any atom is 0.152 e. The van der Waals surface area contributed by atoms with E-state index in [9.17, 15) is 4.79 Å². The van der Waals surface area contributed by atoms with Crippen LogP contribution in [0.2, 0.25) is 0 Å². The predicted octanol–water partition coefficient (Wildman–Crippen LogP) is 1.39. The molecule has 0 radical (unpaired) electrons. The summed E-state index contributed by atoms with van der Waals surface area (Å²) in [6.07, 6.45) is 5.96. The maximum absolute atomic E-state index is 10.8. The number of hydrogen-bond acceptors (Lipinski definition) is 2. The van der Waals surface area contributed by atoms with Gasteiger partial charge in [0.2, 0.25) is 0 Å². The van der Waals surface area contributed by atoms with Crippen molar-refractivity contribution in [2.75, 3.05) is 7.11 Å². The zero-order chi connectivity index (χ0) is 7.90. The molecule has 2 saturated carbocycles. The van der Waals surface area contributed by atoms with Crippen molar-refractivity contribution in [3.05, 3.63) is 0 Å². The van der Waals surface area contributed by atoms with E-state index in [-0.39, 0.29) is 5.60 Å². The summed E-state index contributed by atoms with van der Waals surface area (Å²) in [6.45, 7) is 0. The van der Waals surface area contributed by atoms with Gasteiger partial charge in [0.1, 0.15) is 5.60 Å². The Bertz CT molecular complexity index is 164. The lowest BCUT2D eigenvalue weighted by Crippen LogP contribution is -2.18. The van der Waals surface area contributed by atoms with Gasteiger partial charge in [0.15, 0.2) is 6.29 Å². The van der Waals surface area contributed by atoms with Crippen LogP contribution in [0.25, 0.3) is 0 Å². The summed E-state index contributed by atoms with van der Waals surface area (Å²) >= 11 is 0. The Morgan fingerprint density at radius 1 is 1.36 bits per heavy atom. The molecule has 2 unspecified atom stereocenters. The number of carbonyl (C=O) groups excluding carboxylic acids is 1. The summed E-state index contributed by atoms with van der Waals surface area (Å²) in [7, 11) is 1.66. The van der Waals surface area contributed by atoms with E-state index in [4.69, 9.17) is 4.74 Å². The van der Waals surface area contributed by atoms with E-state index in [0.29, 0.717) is 11.8 Å². The molecule has 0 aliphatic heterocycles. The van der Waals surface area contributed by atoms with Crippen LogP contribution in [-0.2, 0) is 9.53 Å². The summed E-state index contributed by atoms with van der Waals surface area (Å²) in [6, 6.07) is 0. The summed E-state index contributed by atoms with van der Waals surface area (Å²) in [5, 5.41) is 0. The number of methoxy groups -OCH3 is 1. The zero-order valence-electron chi connectivity index (χ0n) is 6.88. The molecule has 0 aromatic carbocycles. The second-order valence-electron chi connectivity index (χ2n) is 3.67. The molecule has 2 nitrogen and oxygen atoms in total. The minimum absolute atomic E-state index is 0.351. The van der Waals surface area contributed by atoms with Gasteiger partial charge in [-0.05, 0) is 12.8 Å². The van der Waals surface area contributed by atoms with E-state index >= 15 is 0 Å². The van der Waals surface area contributed by atoms with E-state index in [0.717, 1.165) is 6.29 Å².